The molecule has 0 aliphatic carbocycles. The second kappa shape index (κ2) is 11.6. The van der Waals surface area contributed by atoms with Gasteiger partial charge in [0.1, 0.15) is 11.0 Å². The van der Waals surface area contributed by atoms with E-state index in [9.17, 15) is 0 Å². The van der Waals surface area contributed by atoms with Crippen LogP contribution in [0.5, 0.6) is 0 Å². The minimum absolute atomic E-state index is 0.579. The third kappa shape index (κ3) is 5.21. The molecule has 0 bridgehead atoms. The number of hydrogen-bond donors (Lipinski definition) is 0. The summed E-state index contributed by atoms with van der Waals surface area (Å²) in [5.74, 6) is 1.79. The number of benzene rings is 6. The lowest BCUT2D eigenvalue weighted by Gasteiger charge is -2.11. The van der Waals surface area contributed by atoms with Gasteiger partial charge in [-0.25, -0.2) is 19.9 Å². The van der Waals surface area contributed by atoms with E-state index in [0.717, 1.165) is 67.0 Å². The smallest absolute Gasteiger partial charge is 0.227 e. The Bertz CT molecular complexity index is 2330. The summed E-state index contributed by atoms with van der Waals surface area (Å²) >= 11 is 0. The molecular formula is C42H26N4O2. The van der Waals surface area contributed by atoms with Crippen LogP contribution in [0.4, 0.5) is 0 Å². The van der Waals surface area contributed by atoms with E-state index in [0.29, 0.717) is 17.6 Å². The molecule has 6 nitrogen and oxygen atoms in total. The summed E-state index contributed by atoms with van der Waals surface area (Å²) in [6.45, 7) is 0. The molecular weight excluding hydrogens is 592 g/mol. The third-order valence-electron chi connectivity index (χ3n) is 8.42. The summed E-state index contributed by atoms with van der Waals surface area (Å²) in [6, 6.07) is 52.6. The van der Waals surface area contributed by atoms with Crippen LogP contribution < -0.4 is 0 Å². The van der Waals surface area contributed by atoms with E-state index in [4.69, 9.17) is 18.8 Å². The summed E-state index contributed by atoms with van der Waals surface area (Å²) in [6.07, 6.45) is 0. The summed E-state index contributed by atoms with van der Waals surface area (Å²) in [7, 11) is 0. The van der Waals surface area contributed by atoms with Crippen molar-refractivity contribution >= 4 is 22.2 Å². The number of nitrogens with zero attached hydrogens (tertiary/aromatic N) is 4. The first-order chi connectivity index (χ1) is 23.7. The molecule has 9 rings (SSSR count). The van der Waals surface area contributed by atoms with Gasteiger partial charge in [-0.3, -0.25) is 0 Å². The van der Waals surface area contributed by atoms with E-state index in [1.54, 1.807) is 0 Å². The van der Waals surface area contributed by atoms with Crippen LogP contribution in [0.3, 0.4) is 0 Å². The van der Waals surface area contributed by atoms with E-state index < -0.39 is 0 Å². The van der Waals surface area contributed by atoms with E-state index in [2.05, 4.69) is 70.6 Å². The molecule has 0 saturated heterocycles. The minimum Gasteiger partial charge on any atom is -0.436 e. The van der Waals surface area contributed by atoms with Crippen LogP contribution in [0, 0.1) is 0 Å². The van der Waals surface area contributed by atoms with Crippen molar-refractivity contribution in [1.29, 1.82) is 0 Å². The minimum atomic E-state index is 0.579. The van der Waals surface area contributed by atoms with E-state index >= 15 is 0 Å². The fourth-order valence-corrected chi connectivity index (χ4v) is 5.87. The highest BCUT2D eigenvalue weighted by Gasteiger charge is 2.14. The molecule has 0 atom stereocenters. The molecule has 0 radical (unpaired) electrons. The fourth-order valence-electron chi connectivity index (χ4n) is 5.87. The summed E-state index contributed by atoms with van der Waals surface area (Å²) < 4.78 is 12.0. The van der Waals surface area contributed by atoms with Crippen molar-refractivity contribution in [3.05, 3.63) is 158 Å². The summed E-state index contributed by atoms with van der Waals surface area (Å²) in [5.41, 5.74) is 11.8. The van der Waals surface area contributed by atoms with Gasteiger partial charge in [0.05, 0.1) is 11.4 Å². The number of aromatic nitrogens is 4. The molecule has 6 heteroatoms. The Morgan fingerprint density at radius 3 is 1.21 bits per heavy atom. The lowest BCUT2D eigenvalue weighted by molar-refractivity contribution is 0.619. The van der Waals surface area contributed by atoms with Crippen LogP contribution in [-0.2, 0) is 0 Å². The molecule has 0 aliphatic heterocycles. The molecule has 48 heavy (non-hydrogen) atoms. The Morgan fingerprint density at radius 2 is 0.708 bits per heavy atom. The van der Waals surface area contributed by atoms with Gasteiger partial charge in [-0.05, 0) is 65.7 Å². The van der Waals surface area contributed by atoms with E-state index in [1.807, 2.05) is 97.1 Å². The number of para-hydroxylation sites is 4. The number of oxazole rings is 2. The van der Waals surface area contributed by atoms with Crippen LogP contribution in [0.1, 0.15) is 0 Å². The predicted molar refractivity (Wildman–Crippen MR) is 190 cm³/mol. The molecule has 6 aromatic carbocycles. The molecule has 0 aliphatic rings. The summed E-state index contributed by atoms with van der Waals surface area (Å²) in [5, 5.41) is 0. The quantitative estimate of drug-likeness (QED) is 0.184. The topological polar surface area (TPSA) is 77.8 Å². The standard InChI is InChI=1S/C42H26N4O2/c1-2-8-27(9-3-1)28-14-16-29(17-15-28)36-26-37(30-18-22-32(23-19-30)41-45-34-10-4-6-12-38(34)47-41)44-40(43-36)31-20-24-33(25-21-31)42-46-35-11-5-7-13-39(35)48-42/h1-26H. The van der Waals surface area contributed by atoms with Gasteiger partial charge >= 0.3 is 0 Å². The fraction of sp³-hybridized carbons (Fsp3) is 0. The van der Waals surface area contributed by atoms with Gasteiger partial charge in [-0.1, -0.05) is 103 Å². The van der Waals surface area contributed by atoms with Crippen molar-refractivity contribution in [2.24, 2.45) is 0 Å². The third-order valence-corrected chi connectivity index (χ3v) is 8.42. The van der Waals surface area contributed by atoms with Crippen LogP contribution in [-0.4, -0.2) is 19.9 Å². The van der Waals surface area contributed by atoms with Crippen molar-refractivity contribution in [3.63, 3.8) is 0 Å². The molecule has 3 aromatic heterocycles. The average Bonchev–Trinajstić information content (AvgIpc) is 3.80. The largest absolute Gasteiger partial charge is 0.436 e. The van der Waals surface area contributed by atoms with Crippen molar-refractivity contribution < 1.29 is 8.83 Å². The highest BCUT2D eigenvalue weighted by atomic mass is 16.4. The van der Waals surface area contributed by atoms with Crippen LogP contribution >= 0.6 is 0 Å². The van der Waals surface area contributed by atoms with Gasteiger partial charge in [0, 0.05) is 27.8 Å². The summed E-state index contributed by atoms with van der Waals surface area (Å²) in [4.78, 5) is 19.4. The normalized spacial score (nSPS) is 11.3. The Balaban J connectivity index is 1.10. The zero-order valence-corrected chi connectivity index (χ0v) is 25.6. The first-order valence-electron chi connectivity index (χ1n) is 15.7. The van der Waals surface area contributed by atoms with Gasteiger partial charge in [-0.15, -0.1) is 0 Å². The van der Waals surface area contributed by atoms with Gasteiger partial charge in [0.2, 0.25) is 11.8 Å². The molecule has 0 saturated carbocycles. The molecule has 0 fully saturated rings. The second-order valence-electron chi connectivity index (χ2n) is 11.5. The number of hydrogen-bond acceptors (Lipinski definition) is 6. The van der Waals surface area contributed by atoms with Crippen molar-refractivity contribution in [3.8, 4) is 67.9 Å². The lowest BCUT2D eigenvalue weighted by Crippen LogP contribution is -1.96. The maximum absolute atomic E-state index is 6.01. The highest BCUT2D eigenvalue weighted by molar-refractivity contribution is 5.79. The molecule has 0 amide bonds. The predicted octanol–water partition coefficient (Wildman–Crippen LogP) is 10.8. The van der Waals surface area contributed by atoms with Crippen molar-refractivity contribution in [1.82, 2.24) is 19.9 Å². The van der Waals surface area contributed by atoms with E-state index in [-0.39, 0.29) is 0 Å². The van der Waals surface area contributed by atoms with Crippen LogP contribution in [0.25, 0.3) is 90.1 Å². The molecule has 0 unspecified atom stereocenters. The molecule has 9 aromatic rings. The monoisotopic (exact) mass is 618 g/mol. The Labute approximate surface area is 276 Å². The average molecular weight is 619 g/mol. The lowest BCUT2D eigenvalue weighted by atomic mass is 10.0. The second-order valence-corrected chi connectivity index (χ2v) is 11.5. The van der Waals surface area contributed by atoms with Crippen LogP contribution in [0.2, 0.25) is 0 Å². The molecule has 0 spiro atoms. The SMILES string of the molecule is c1ccc(-c2ccc(-c3cc(-c4ccc(-c5nc6ccccc6o5)cc4)nc(-c4ccc(-c5nc6ccccc6o5)cc4)n3)cc2)cc1. The molecule has 226 valence electrons. The Morgan fingerprint density at radius 1 is 0.312 bits per heavy atom. The van der Waals surface area contributed by atoms with Gasteiger partial charge < -0.3 is 8.83 Å². The molecule has 3 heterocycles. The maximum Gasteiger partial charge on any atom is 0.227 e. The van der Waals surface area contributed by atoms with Crippen molar-refractivity contribution in [2.45, 2.75) is 0 Å². The first-order valence-corrected chi connectivity index (χ1v) is 15.7. The number of rotatable bonds is 6. The first kappa shape index (κ1) is 27.6. The van der Waals surface area contributed by atoms with Gasteiger partial charge in [0.25, 0.3) is 0 Å². The van der Waals surface area contributed by atoms with Crippen molar-refractivity contribution in [2.75, 3.05) is 0 Å². The highest BCUT2D eigenvalue weighted by Crippen LogP contribution is 2.32. The number of fused-ring (bicyclic) bond motifs is 2. The van der Waals surface area contributed by atoms with Gasteiger partial charge in [-0.2, -0.15) is 0 Å². The zero-order chi connectivity index (χ0) is 31.9. The maximum atomic E-state index is 6.01. The van der Waals surface area contributed by atoms with Gasteiger partial charge in [0.15, 0.2) is 17.0 Å². The van der Waals surface area contributed by atoms with Crippen LogP contribution in [0.15, 0.2) is 167 Å². The molecule has 0 N–H and O–H groups in total. The zero-order valence-electron chi connectivity index (χ0n) is 25.6. The Hall–Kier alpha value is -6.66. The Kier molecular flexibility index (Phi) is 6.68. The van der Waals surface area contributed by atoms with E-state index in [1.165, 1.54) is 5.56 Å².